The summed E-state index contributed by atoms with van der Waals surface area (Å²) in [5, 5.41) is 0. The molecule has 0 aliphatic carbocycles. The van der Waals surface area contributed by atoms with Crippen LogP contribution in [-0.2, 0) is 56.8 Å². The molecule has 0 aromatic rings. The molecular weight excluding hydrogens is 528 g/mol. The minimum absolute atomic E-state index is 0.0629. The zero-order valence-corrected chi connectivity index (χ0v) is 24.4. The molecule has 1 aliphatic heterocycles. The van der Waals surface area contributed by atoms with E-state index in [2.05, 4.69) is 6.58 Å². The van der Waals surface area contributed by atoms with Gasteiger partial charge in [-0.3, -0.25) is 0 Å². The number of hydrogen-bond donors (Lipinski definition) is 0. The third-order valence-corrected chi connectivity index (χ3v) is 5.25. The van der Waals surface area contributed by atoms with Crippen LogP contribution in [-0.4, -0.2) is 152 Å². The third kappa shape index (κ3) is 28.8. The Morgan fingerprint density at radius 1 is 0.450 bits per heavy atom. The molecule has 0 saturated carbocycles. The van der Waals surface area contributed by atoms with E-state index in [9.17, 15) is 0 Å². The molecule has 1 unspecified atom stereocenters. The summed E-state index contributed by atoms with van der Waals surface area (Å²) in [6.45, 7) is 15.6. The average Bonchev–Trinajstić information content (AvgIpc) is 2.98. The van der Waals surface area contributed by atoms with Crippen molar-refractivity contribution in [2.24, 2.45) is 0 Å². The van der Waals surface area contributed by atoms with E-state index in [4.69, 9.17) is 56.8 Å². The molecule has 0 N–H and O–H groups in total. The Morgan fingerprint density at radius 2 is 0.775 bits per heavy atom. The van der Waals surface area contributed by atoms with Gasteiger partial charge in [0.1, 0.15) is 0 Å². The summed E-state index contributed by atoms with van der Waals surface area (Å²) in [7, 11) is 0. The van der Waals surface area contributed by atoms with E-state index in [0.29, 0.717) is 139 Å². The number of rotatable bonds is 33. The normalized spacial score (nSPS) is 15.6. The van der Waals surface area contributed by atoms with Gasteiger partial charge >= 0.3 is 0 Å². The Labute approximate surface area is 240 Å². The van der Waals surface area contributed by atoms with Gasteiger partial charge in [0.15, 0.2) is 6.29 Å². The molecule has 1 aliphatic rings. The first-order valence-electron chi connectivity index (χ1n) is 14.5. The lowest BCUT2D eigenvalue weighted by atomic mass is 10.2. The molecule has 0 radical (unpaired) electrons. The predicted octanol–water partition coefficient (Wildman–Crippen LogP) is 1.88. The fourth-order valence-electron chi connectivity index (χ4n) is 3.23. The second kappa shape index (κ2) is 32.8. The summed E-state index contributed by atoms with van der Waals surface area (Å²) in [5.41, 5.74) is 0. The maximum absolute atomic E-state index is 5.60. The van der Waals surface area contributed by atoms with Gasteiger partial charge in [-0.1, -0.05) is 6.08 Å². The lowest BCUT2D eigenvalue weighted by Gasteiger charge is -2.22. The van der Waals surface area contributed by atoms with Crippen LogP contribution in [0.4, 0.5) is 0 Å². The molecule has 0 aromatic carbocycles. The Bertz CT molecular complexity index is 494. The zero-order valence-electron chi connectivity index (χ0n) is 24.4. The first kappa shape index (κ1) is 37.3. The van der Waals surface area contributed by atoms with Gasteiger partial charge in [0.05, 0.1) is 139 Å². The van der Waals surface area contributed by atoms with Crippen molar-refractivity contribution in [3.05, 3.63) is 12.7 Å². The standard InChI is InChI=1S/C28H54O12/c1-2-6-29-8-9-30-10-11-31-12-13-32-14-15-33-16-17-34-18-19-35-20-21-36-22-23-37-24-25-38-26-27-40-28-5-3-4-7-39-28/h2,28H,1,3-27H2. The van der Waals surface area contributed by atoms with Crippen LogP contribution in [0, 0.1) is 0 Å². The van der Waals surface area contributed by atoms with E-state index in [1.54, 1.807) is 6.08 Å². The molecule has 1 rings (SSSR count). The molecule has 1 heterocycles. The predicted molar refractivity (Wildman–Crippen MR) is 148 cm³/mol. The fourth-order valence-corrected chi connectivity index (χ4v) is 3.23. The highest BCUT2D eigenvalue weighted by atomic mass is 16.7. The van der Waals surface area contributed by atoms with Crippen LogP contribution in [0.3, 0.4) is 0 Å². The van der Waals surface area contributed by atoms with Crippen molar-refractivity contribution in [1.82, 2.24) is 0 Å². The number of ether oxygens (including phenoxy) is 12. The van der Waals surface area contributed by atoms with Gasteiger partial charge in [-0.2, -0.15) is 0 Å². The molecule has 1 saturated heterocycles. The van der Waals surface area contributed by atoms with Gasteiger partial charge in [0, 0.05) is 6.61 Å². The van der Waals surface area contributed by atoms with Crippen molar-refractivity contribution in [1.29, 1.82) is 0 Å². The SMILES string of the molecule is C=CCOCCOCCOCCOCCOCCOCCOCCOCCOCCOCCOC1CCCCO1. The van der Waals surface area contributed by atoms with E-state index in [1.807, 2.05) is 0 Å². The van der Waals surface area contributed by atoms with Crippen molar-refractivity contribution in [2.45, 2.75) is 25.6 Å². The zero-order chi connectivity index (χ0) is 28.4. The molecule has 12 nitrogen and oxygen atoms in total. The van der Waals surface area contributed by atoms with E-state index >= 15 is 0 Å². The lowest BCUT2D eigenvalue weighted by molar-refractivity contribution is -0.169. The Hall–Kier alpha value is -0.740. The van der Waals surface area contributed by atoms with Gasteiger partial charge in [0.25, 0.3) is 0 Å². The first-order valence-corrected chi connectivity index (χ1v) is 14.5. The fraction of sp³-hybridized carbons (Fsp3) is 0.929. The molecule has 1 fully saturated rings. The van der Waals surface area contributed by atoms with Crippen molar-refractivity contribution >= 4 is 0 Å². The van der Waals surface area contributed by atoms with Crippen molar-refractivity contribution in [3.8, 4) is 0 Å². The summed E-state index contributed by atoms with van der Waals surface area (Å²) < 4.78 is 65.4. The number of hydrogen-bond acceptors (Lipinski definition) is 12. The Kier molecular flexibility index (Phi) is 30.5. The van der Waals surface area contributed by atoms with Crippen LogP contribution in [0.2, 0.25) is 0 Å². The van der Waals surface area contributed by atoms with E-state index in [1.165, 1.54) is 6.42 Å². The Balaban J connectivity index is 1.60. The average molecular weight is 583 g/mol. The quantitative estimate of drug-likeness (QED) is 0.0832. The second-order valence-electron chi connectivity index (χ2n) is 8.54. The van der Waals surface area contributed by atoms with E-state index < -0.39 is 0 Å². The first-order chi connectivity index (χ1) is 19.9. The summed E-state index contributed by atoms with van der Waals surface area (Å²) in [6.07, 6.45) is 4.91. The molecule has 12 heteroatoms. The third-order valence-electron chi connectivity index (χ3n) is 5.25. The van der Waals surface area contributed by atoms with Gasteiger partial charge < -0.3 is 56.8 Å². The minimum atomic E-state index is -0.0629. The van der Waals surface area contributed by atoms with Gasteiger partial charge in [-0.05, 0) is 19.3 Å². The smallest absolute Gasteiger partial charge is 0.157 e. The van der Waals surface area contributed by atoms with Crippen molar-refractivity contribution in [2.75, 3.05) is 145 Å². The highest BCUT2D eigenvalue weighted by Gasteiger charge is 2.13. The van der Waals surface area contributed by atoms with Crippen molar-refractivity contribution < 1.29 is 56.8 Å². The van der Waals surface area contributed by atoms with Crippen LogP contribution >= 0.6 is 0 Å². The molecule has 0 spiro atoms. The molecule has 1 atom stereocenters. The Morgan fingerprint density at radius 3 is 1.07 bits per heavy atom. The monoisotopic (exact) mass is 582 g/mol. The molecule has 238 valence electrons. The maximum Gasteiger partial charge on any atom is 0.157 e. The molecule has 0 bridgehead atoms. The largest absolute Gasteiger partial charge is 0.377 e. The topological polar surface area (TPSA) is 111 Å². The highest BCUT2D eigenvalue weighted by Crippen LogP contribution is 2.13. The van der Waals surface area contributed by atoms with E-state index in [0.717, 1.165) is 19.4 Å². The molecule has 40 heavy (non-hydrogen) atoms. The van der Waals surface area contributed by atoms with Crippen LogP contribution in [0.1, 0.15) is 19.3 Å². The maximum atomic E-state index is 5.60. The summed E-state index contributed by atoms with van der Waals surface area (Å²) in [6, 6.07) is 0. The lowest BCUT2D eigenvalue weighted by Crippen LogP contribution is -2.24. The minimum Gasteiger partial charge on any atom is -0.377 e. The van der Waals surface area contributed by atoms with Gasteiger partial charge in [-0.15, -0.1) is 6.58 Å². The van der Waals surface area contributed by atoms with Crippen LogP contribution in [0.15, 0.2) is 12.7 Å². The van der Waals surface area contributed by atoms with Gasteiger partial charge in [-0.25, -0.2) is 0 Å². The van der Waals surface area contributed by atoms with Crippen LogP contribution in [0.25, 0.3) is 0 Å². The molecule has 0 aromatic heterocycles. The summed E-state index contributed by atoms with van der Waals surface area (Å²) in [5.74, 6) is 0. The molecule has 0 amide bonds. The molecular formula is C28H54O12. The van der Waals surface area contributed by atoms with Crippen LogP contribution < -0.4 is 0 Å². The highest BCUT2D eigenvalue weighted by molar-refractivity contribution is 4.63. The second-order valence-corrected chi connectivity index (χ2v) is 8.54. The van der Waals surface area contributed by atoms with Crippen molar-refractivity contribution in [3.63, 3.8) is 0 Å². The van der Waals surface area contributed by atoms with Gasteiger partial charge in [0.2, 0.25) is 0 Å². The van der Waals surface area contributed by atoms with Crippen LogP contribution in [0.5, 0.6) is 0 Å². The summed E-state index contributed by atoms with van der Waals surface area (Å²) >= 11 is 0. The van der Waals surface area contributed by atoms with E-state index in [-0.39, 0.29) is 6.29 Å². The summed E-state index contributed by atoms with van der Waals surface area (Å²) in [4.78, 5) is 0.